The molecule has 0 saturated heterocycles. The molecule has 0 spiro atoms. The van der Waals surface area contributed by atoms with Crippen LogP contribution in [0.4, 0.5) is 0 Å². The smallest absolute Gasteiger partial charge is 0.119 e. The first-order chi connectivity index (χ1) is 10.2. The van der Waals surface area contributed by atoms with Crippen molar-refractivity contribution in [1.82, 2.24) is 0 Å². The van der Waals surface area contributed by atoms with Crippen LogP contribution in [0.2, 0.25) is 0 Å². The summed E-state index contributed by atoms with van der Waals surface area (Å²) in [6, 6.07) is 7.93. The maximum absolute atomic E-state index is 10.5. The van der Waals surface area contributed by atoms with E-state index in [4.69, 9.17) is 10.5 Å². The Labute approximate surface area is 127 Å². The maximum Gasteiger partial charge on any atom is 0.119 e. The maximum atomic E-state index is 10.5. The van der Waals surface area contributed by atoms with Gasteiger partial charge >= 0.3 is 0 Å². The zero-order valence-electron chi connectivity index (χ0n) is 12.8. The van der Waals surface area contributed by atoms with Crippen molar-refractivity contribution in [2.24, 2.45) is 17.1 Å². The Morgan fingerprint density at radius 2 is 2.00 bits per heavy atom. The Morgan fingerprint density at radius 3 is 2.67 bits per heavy atom. The third-order valence-electron chi connectivity index (χ3n) is 5.26. The lowest BCUT2D eigenvalue weighted by atomic mass is 9.90. The van der Waals surface area contributed by atoms with E-state index < -0.39 is 6.10 Å². The second-order valence-corrected chi connectivity index (χ2v) is 6.86. The molecule has 116 valence electrons. The lowest BCUT2D eigenvalue weighted by Gasteiger charge is -2.23. The molecule has 0 aromatic heterocycles. The summed E-state index contributed by atoms with van der Waals surface area (Å²) in [5.74, 6) is 1.58. The van der Waals surface area contributed by atoms with Crippen LogP contribution in [0, 0.1) is 11.3 Å². The van der Waals surface area contributed by atoms with E-state index in [9.17, 15) is 5.11 Å². The van der Waals surface area contributed by atoms with Crippen molar-refractivity contribution < 1.29 is 9.84 Å². The molecule has 3 N–H and O–H groups in total. The summed E-state index contributed by atoms with van der Waals surface area (Å²) >= 11 is 0. The zero-order valence-corrected chi connectivity index (χ0v) is 12.8. The zero-order chi connectivity index (χ0) is 14.7. The number of hydrogen-bond acceptors (Lipinski definition) is 3. The molecule has 2 saturated carbocycles. The van der Waals surface area contributed by atoms with E-state index in [1.54, 1.807) is 0 Å². The molecule has 21 heavy (non-hydrogen) atoms. The Morgan fingerprint density at radius 1 is 1.24 bits per heavy atom. The summed E-state index contributed by atoms with van der Waals surface area (Å²) < 4.78 is 5.96. The van der Waals surface area contributed by atoms with Crippen molar-refractivity contribution in [3.8, 4) is 5.75 Å². The predicted molar refractivity (Wildman–Crippen MR) is 84.2 cm³/mol. The summed E-state index contributed by atoms with van der Waals surface area (Å²) in [6.07, 6.45) is 8.23. The van der Waals surface area contributed by atoms with Crippen molar-refractivity contribution in [2.45, 2.75) is 51.0 Å². The van der Waals surface area contributed by atoms with Gasteiger partial charge in [-0.25, -0.2) is 0 Å². The van der Waals surface area contributed by atoms with Crippen molar-refractivity contribution in [1.29, 1.82) is 0 Å². The van der Waals surface area contributed by atoms with E-state index in [0.717, 1.165) is 30.8 Å². The Bertz CT molecular complexity index is 464. The molecule has 1 aromatic carbocycles. The van der Waals surface area contributed by atoms with Crippen LogP contribution in [0.1, 0.15) is 56.6 Å². The highest BCUT2D eigenvalue weighted by Crippen LogP contribution is 2.54. The molecule has 3 rings (SSSR count). The van der Waals surface area contributed by atoms with Gasteiger partial charge in [-0.05, 0) is 49.3 Å². The normalized spacial score (nSPS) is 22.8. The van der Waals surface area contributed by atoms with E-state index in [2.05, 4.69) is 0 Å². The van der Waals surface area contributed by atoms with Gasteiger partial charge in [-0.1, -0.05) is 31.4 Å². The third kappa shape index (κ3) is 3.41. The lowest BCUT2D eigenvalue weighted by Crippen LogP contribution is -2.23. The van der Waals surface area contributed by atoms with Gasteiger partial charge in [0.25, 0.3) is 0 Å². The van der Waals surface area contributed by atoms with E-state index >= 15 is 0 Å². The fraction of sp³-hybridized carbons (Fsp3) is 0.667. The molecular weight excluding hydrogens is 262 g/mol. The van der Waals surface area contributed by atoms with Crippen LogP contribution in [0.5, 0.6) is 5.75 Å². The molecule has 0 unspecified atom stereocenters. The van der Waals surface area contributed by atoms with Crippen molar-refractivity contribution in [2.75, 3.05) is 13.2 Å². The van der Waals surface area contributed by atoms with Crippen LogP contribution in [0.3, 0.4) is 0 Å². The largest absolute Gasteiger partial charge is 0.493 e. The highest BCUT2D eigenvalue weighted by atomic mass is 16.5. The van der Waals surface area contributed by atoms with Gasteiger partial charge in [-0.15, -0.1) is 0 Å². The number of benzene rings is 1. The van der Waals surface area contributed by atoms with Crippen LogP contribution < -0.4 is 10.5 Å². The highest BCUT2D eigenvalue weighted by Gasteiger charge is 2.48. The number of ether oxygens (including phenoxy) is 1. The molecule has 2 fully saturated rings. The van der Waals surface area contributed by atoms with E-state index in [1.165, 1.54) is 32.1 Å². The molecule has 0 bridgehead atoms. The van der Waals surface area contributed by atoms with Gasteiger partial charge in [0.15, 0.2) is 0 Å². The van der Waals surface area contributed by atoms with Crippen molar-refractivity contribution in [3.63, 3.8) is 0 Å². The molecule has 2 aliphatic carbocycles. The summed E-state index contributed by atoms with van der Waals surface area (Å²) in [4.78, 5) is 0. The highest BCUT2D eigenvalue weighted by molar-refractivity contribution is 5.32. The van der Waals surface area contributed by atoms with Gasteiger partial charge in [0, 0.05) is 12.0 Å². The van der Waals surface area contributed by atoms with Gasteiger partial charge in [0.2, 0.25) is 0 Å². The van der Waals surface area contributed by atoms with E-state index in [-0.39, 0.29) is 5.41 Å². The molecular formula is C18H27NO2. The predicted octanol–water partition coefficient (Wildman–Crippen LogP) is 3.42. The summed E-state index contributed by atoms with van der Waals surface area (Å²) in [7, 11) is 0. The Hall–Kier alpha value is -1.06. The average molecular weight is 289 g/mol. The Kier molecular flexibility index (Phi) is 4.51. The molecule has 2 aliphatic rings. The average Bonchev–Trinajstić information content (AvgIpc) is 3.35. The lowest BCUT2D eigenvalue weighted by molar-refractivity contribution is 0.0971. The minimum atomic E-state index is -0.458. The topological polar surface area (TPSA) is 55.5 Å². The van der Waals surface area contributed by atoms with Crippen LogP contribution in [0.15, 0.2) is 24.3 Å². The van der Waals surface area contributed by atoms with Gasteiger partial charge < -0.3 is 15.6 Å². The molecule has 0 amide bonds. The van der Waals surface area contributed by atoms with Crippen LogP contribution >= 0.6 is 0 Å². The van der Waals surface area contributed by atoms with Crippen LogP contribution in [0.25, 0.3) is 0 Å². The number of aliphatic hydroxyl groups excluding tert-OH is 1. The fourth-order valence-corrected chi connectivity index (χ4v) is 3.45. The molecule has 3 heteroatoms. The molecule has 1 atom stereocenters. The second-order valence-electron chi connectivity index (χ2n) is 6.86. The first kappa shape index (κ1) is 14.9. The monoisotopic (exact) mass is 289 g/mol. The minimum Gasteiger partial charge on any atom is -0.493 e. The van der Waals surface area contributed by atoms with Gasteiger partial charge in [0.05, 0.1) is 12.7 Å². The van der Waals surface area contributed by atoms with Gasteiger partial charge in [0.1, 0.15) is 5.75 Å². The summed E-state index contributed by atoms with van der Waals surface area (Å²) in [6.45, 7) is 1.36. The van der Waals surface area contributed by atoms with Crippen molar-refractivity contribution in [3.05, 3.63) is 29.8 Å². The number of hydrogen-bond donors (Lipinski definition) is 2. The van der Waals surface area contributed by atoms with Gasteiger partial charge in [-0.3, -0.25) is 0 Å². The molecule has 0 aliphatic heterocycles. The van der Waals surface area contributed by atoms with Gasteiger partial charge in [-0.2, -0.15) is 0 Å². The standard InChI is InChI=1S/C18H27NO2/c19-13-18(9-10-18)17(20)15-7-4-8-16(11-15)21-12-14-5-2-1-3-6-14/h4,7-8,11,14,17,20H,1-3,5-6,9-10,12-13,19H2/t17-/m1/s1. The first-order valence-electron chi connectivity index (χ1n) is 8.34. The molecule has 0 heterocycles. The molecule has 3 nitrogen and oxygen atoms in total. The van der Waals surface area contributed by atoms with Crippen LogP contribution in [-0.2, 0) is 0 Å². The SMILES string of the molecule is NCC1([C@H](O)c2cccc(OCC3CCCCC3)c2)CC1. The van der Waals surface area contributed by atoms with Crippen LogP contribution in [-0.4, -0.2) is 18.3 Å². The minimum absolute atomic E-state index is 0.0814. The van der Waals surface area contributed by atoms with Crippen molar-refractivity contribution >= 4 is 0 Å². The summed E-state index contributed by atoms with van der Waals surface area (Å²) in [5, 5.41) is 10.5. The molecule has 0 radical (unpaired) electrons. The number of rotatable bonds is 6. The third-order valence-corrected chi connectivity index (χ3v) is 5.26. The van der Waals surface area contributed by atoms with E-state index in [1.807, 2.05) is 24.3 Å². The Balaban J connectivity index is 1.60. The number of aliphatic hydroxyl groups is 1. The second kappa shape index (κ2) is 6.37. The first-order valence-corrected chi connectivity index (χ1v) is 8.34. The molecule has 1 aromatic rings. The fourth-order valence-electron chi connectivity index (χ4n) is 3.45. The summed E-state index contributed by atoms with van der Waals surface area (Å²) in [5.41, 5.74) is 6.67. The quantitative estimate of drug-likeness (QED) is 0.843. The van der Waals surface area contributed by atoms with E-state index in [0.29, 0.717) is 12.5 Å². The number of nitrogens with two attached hydrogens (primary N) is 1.